The Morgan fingerprint density at radius 1 is 1.31 bits per heavy atom. The van der Waals surface area contributed by atoms with E-state index in [-0.39, 0.29) is 6.10 Å². The third kappa shape index (κ3) is 3.65. The predicted octanol–water partition coefficient (Wildman–Crippen LogP) is 2.49. The second-order valence-electron chi connectivity index (χ2n) is 4.81. The van der Waals surface area contributed by atoms with Crippen LogP contribution in [0.4, 0.5) is 0 Å². The van der Waals surface area contributed by atoms with Crippen LogP contribution < -0.4 is 0 Å². The molecule has 3 nitrogen and oxygen atoms in total. The highest BCUT2D eigenvalue weighted by Crippen LogP contribution is 2.17. The van der Waals surface area contributed by atoms with Crippen molar-refractivity contribution in [3.05, 3.63) is 23.2 Å². The van der Waals surface area contributed by atoms with E-state index in [1.807, 2.05) is 20.8 Å². The van der Waals surface area contributed by atoms with Gasteiger partial charge in [-0.15, -0.1) is 0 Å². The van der Waals surface area contributed by atoms with Crippen molar-refractivity contribution in [3.8, 4) is 0 Å². The van der Waals surface area contributed by atoms with Crippen molar-refractivity contribution in [3.63, 3.8) is 0 Å². The summed E-state index contributed by atoms with van der Waals surface area (Å²) in [6, 6.07) is 2.50. The number of aliphatic hydroxyl groups is 1. The van der Waals surface area contributed by atoms with E-state index < -0.39 is 0 Å². The second kappa shape index (κ2) is 5.51. The van der Waals surface area contributed by atoms with Gasteiger partial charge in [0.1, 0.15) is 11.5 Å². The van der Waals surface area contributed by atoms with Crippen molar-refractivity contribution in [1.29, 1.82) is 0 Å². The molecule has 92 valence electrons. The van der Waals surface area contributed by atoms with E-state index in [2.05, 4.69) is 24.8 Å². The molecule has 1 heterocycles. The number of furan rings is 1. The molecular formula is C13H23NO2. The first-order valence-electron chi connectivity index (χ1n) is 5.88. The quantitative estimate of drug-likeness (QED) is 0.836. The Bertz CT molecular complexity index is 329. The van der Waals surface area contributed by atoms with Gasteiger partial charge in [0.25, 0.3) is 0 Å². The van der Waals surface area contributed by atoms with Gasteiger partial charge in [0.05, 0.1) is 6.10 Å². The summed E-state index contributed by atoms with van der Waals surface area (Å²) in [5.74, 6) is 1.93. The smallest absolute Gasteiger partial charge is 0.105 e. The molecule has 3 heteroatoms. The van der Waals surface area contributed by atoms with Crippen molar-refractivity contribution < 1.29 is 9.52 Å². The molecule has 0 amide bonds. The normalized spacial score (nSPS) is 13.8. The fourth-order valence-electron chi connectivity index (χ4n) is 1.86. The predicted molar refractivity (Wildman–Crippen MR) is 65.4 cm³/mol. The third-order valence-electron chi connectivity index (χ3n) is 2.75. The van der Waals surface area contributed by atoms with Crippen LogP contribution in [0.25, 0.3) is 0 Å². The van der Waals surface area contributed by atoms with Crippen molar-refractivity contribution in [1.82, 2.24) is 4.90 Å². The van der Waals surface area contributed by atoms with E-state index in [9.17, 15) is 5.11 Å². The van der Waals surface area contributed by atoms with Crippen LogP contribution in [0.1, 0.15) is 37.9 Å². The number of hydrogen-bond donors (Lipinski definition) is 1. The summed E-state index contributed by atoms with van der Waals surface area (Å²) in [5.41, 5.74) is 1.21. The maximum absolute atomic E-state index is 9.46. The fraction of sp³-hybridized carbons (Fsp3) is 0.692. The average molecular weight is 225 g/mol. The van der Waals surface area contributed by atoms with Gasteiger partial charge >= 0.3 is 0 Å². The molecule has 0 fully saturated rings. The summed E-state index contributed by atoms with van der Waals surface area (Å²) in [6.45, 7) is 11.6. The Morgan fingerprint density at radius 3 is 2.31 bits per heavy atom. The van der Waals surface area contributed by atoms with Crippen LogP contribution in [0.5, 0.6) is 0 Å². The van der Waals surface area contributed by atoms with Gasteiger partial charge in [0.15, 0.2) is 0 Å². The lowest BCUT2D eigenvalue weighted by Crippen LogP contribution is -2.36. The molecule has 0 spiro atoms. The summed E-state index contributed by atoms with van der Waals surface area (Å²) >= 11 is 0. The summed E-state index contributed by atoms with van der Waals surface area (Å²) in [6.07, 6.45) is -0.296. The molecule has 0 saturated carbocycles. The van der Waals surface area contributed by atoms with Crippen LogP contribution in [0.3, 0.4) is 0 Å². The molecular weight excluding hydrogens is 202 g/mol. The number of aryl methyl sites for hydroxylation is 2. The lowest BCUT2D eigenvalue weighted by molar-refractivity contribution is 0.102. The Balaban J connectivity index is 2.71. The van der Waals surface area contributed by atoms with E-state index in [0.717, 1.165) is 18.1 Å². The zero-order chi connectivity index (χ0) is 12.3. The van der Waals surface area contributed by atoms with Gasteiger partial charge in [0.2, 0.25) is 0 Å². The van der Waals surface area contributed by atoms with Crippen LogP contribution in [0, 0.1) is 13.8 Å². The minimum Gasteiger partial charge on any atom is -0.466 e. The molecule has 16 heavy (non-hydrogen) atoms. The van der Waals surface area contributed by atoms with Crippen molar-refractivity contribution in [2.24, 2.45) is 0 Å². The molecule has 0 aliphatic rings. The Morgan fingerprint density at radius 2 is 1.94 bits per heavy atom. The highest BCUT2D eigenvalue weighted by molar-refractivity contribution is 5.20. The molecule has 0 radical (unpaired) electrons. The highest BCUT2D eigenvalue weighted by Gasteiger charge is 2.15. The van der Waals surface area contributed by atoms with E-state index in [1.165, 1.54) is 5.56 Å². The zero-order valence-electron chi connectivity index (χ0n) is 10.9. The van der Waals surface area contributed by atoms with Crippen LogP contribution in [0.15, 0.2) is 10.5 Å². The third-order valence-corrected chi connectivity index (χ3v) is 2.75. The van der Waals surface area contributed by atoms with E-state index >= 15 is 0 Å². The molecule has 0 saturated heterocycles. The lowest BCUT2D eigenvalue weighted by Gasteiger charge is -2.27. The largest absolute Gasteiger partial charge is 0.466 e. The zero-order valence-corrected chi connectivity index (χ0v) is 10.9. The SMILES string of the molecule is Cc1cc(CN(CC(C)O)C(C)C)c(C)o1. The van der Waals surface area contributed by atoms with Gasteiger partial charge in [-0.25, -0.2) is 0 Å². The summed E-state index contributed by atoms with van der Waals surface area (Å²) in [5, 5.41) is 9.46. The topological polar surface area (TPSA) is 36.6 Å². The lowest BCUT2D eigenvalue weighted by atomic mass is 10.2. The van der Waals surface area contributed by atoms with Crippen LogP contribution in [-0.2, 0) is 6.54 Å². The minimum absolute atomic E-state index is 0.296. The van der Waals surface area contributed by atoms with Crippen molar-refractivity contribution in [2.45, 2.75) is 53.3 Å². The average Bonchev–Trinajstić information content (AvgIpc) is 2.43. The number of nitrogens with zero attached hydrogens (tertiary/aromatic N) is 1. The van der Waals surface area contributed by atoms with Gasteiger partial charge in [-0.05, 0) is 40.7 Å². The van der Waals surface area contributed by atoms with E-state index in [0.29, 0.717) is 12.6 Å². The van der Waals surface area contributed by atoms with Crippen LogP contribution >= 0.6 is 0 Å². The maximum Gasteiger partial charge on any atom is 0.105 e. The van der Waals surface area contributed by atoms with Gasteiger partial charge in [-0.2, -0.15) is 0 Å². The van der Waals surface area contributed by atoms with Crippen LogP contribution in [-0.4, -0.2) is 28.7 Å². The van der Waals surface area contributed by atoms with Gasteiger partial charge in [0, 0.05) is 24.7 Å². The van der Waals surface area contributed by atoms with Gasteiger partial charge < -0.3 is 9.52 Å². The molecule has 1 rings (SSSR count). The molecule has 1 N–H and O–H groups in total. The summed E-state index contributed by atoms with van der Waals surface area (Å²) in [4.78, 5) is 2.25. The Labute approximate surface area is 98.1 Å². The van der Waals surface area contributed by atoms with E-state index in [1.54, 1.807) is 0 Å². The number of rotatable bonds is 5. The maximum atomic E-state index is 9.46. The highest BCUT2D eigenvalue weighted by atomic mass is 16.3. The standard InChI is InChI=1S/C13H23NO2/c1-9(2)14(7-10(3)15)8-13-6-11(4)16-12(13)5/h6,9-10,15H,7-8H2,1-5H3. The van der Waals surface area contributed by atoms with Gasteiger partial charge in [-0.1, -0.05) is 0 Å². The first-order chi connectivity index (χ1) is 7.40. The molecule has 0 aliphatic carbocycles. The summed E-state index contributed by atoms with van der Waals surface area (Å²) < 4.78 is 5.51. The minimum atomic E-state index is -0.296. The van der Waals surface area contributed by atoms with E-state index in [4.69, 9.17) is 4.42 Å². The van der Waals surface area contributed by atoms with Crippen LogP contribution in [0.2, 0.25) is 0 Å². The number of hydrogen-bond acceptors (Lipinski definition) is 3. The molecule has 1 aromatic rings. The molecule has 1 atom stereocenters. The summed E-state index contributed by atoms with van der Waals surface area (Å²) in [7, 11) is 0. The monoisotopic (exact) mass is 225 g/mol. The molecule has 1 unspecified atom stereocenters. The molecule has 0 aliphatic heterocycles. The Hall–Kier alpha value is -0.800. The van der Waals surface area contributed by atoms with Gasteiger partial charge in [-0.3, -0.25) is 4.90 Å². The van der Waals surface area contributed by atoms with Crippen molar-refractivity contribution in [2.75, 3.05) is 6.54 Å². The first kappa shape index (κ1) is 13.3. The fourth-order valence-corrected chi connectivity index (χ4v) is 1.86. The molecule has 0 aromatic carbocycles. The Kier molecular flexibility index (Phi) is 4.56. The molecule has 0 bridgehead atoms. The van der Waals surface area contributed by atoms with Crippen molar-refractivity contribution >= 4 is 0 Å². The first-order valence-corrected chi connectivity index (χ1v) is 5.88. The molecule has 1 aromatic heterocycles. The second-order valence-corrected chi connectivity index (χ2v) is 4.81. The number of aliphatic hydroxyl groups excluding tert-OH is 1.